The largest absolute Gasteiger partial charge is 0.466 e. The molecule has 0 heterocycles. The zero-order valence-corrected chi connectivity index (χ0v) is 13.1. The van der Waals surface area contributed by atoms with Crippen LogP contribution in [-0.2, 0) is 32.7 Å². The lowest BCUT2D eigenvalue weighted by Gasteiger charge is -2.16. The highest BCUT2D eigenvalue weighted by molar-refractivity contribution is 7.53. The van der Waals surface area contributed by atoms with Crippen LogP contribution in [0.2, 0.25) is 0 Å². The van der Waals surface area contributed by atoms with Gasteiger partial charge in [-0.05, 0) is 20.8 Å². The Hall–Kier alpha value is -0.910. The lowest BCUT2D eigenvalue weighted by molar-refractivity contribution is -0.148. The minimum Gasteiger partial charge on any atom is -0.466 e. The van der Waals surface area contributed by atoms with Crippen LogP contribution in [0.5, 0.6) is 0 Å². The summed E-state index contributed by atoms with van der Waals surface area (Å²) in [6, 6.07) is 0. The SMILES string of the molecule is CCOC(=O)CCOC(=O)CCP(=O)(OCC)OCC. The van der Waals surface area contributed by atoms with Crippen LogP contribution in [0, 0.1) is 0 Å². The van der Waals surface area contributed by atoms with Gasteiger partial charge in [0.15, 0.2) is 0 Å². The zero-order valence-electron chi connectivity index (χ0n) is 12.3. The van der Waals surface area contributed by atoms with Gasteiger partial charge in [-0.25, -0.2) is 0 Å². The fourth-order valence-corrected chi connectivity index (χ4v) is 2.92. The molecule has 20 heavy (non-hydrogen) atoms. The summed E-state index contributed by atoms with van der Waals surface area (Å²) < 4.78 is 31.7. The van der Waals surface area contributed by atoms with Crippen molar-refractivity contribution in [3.05, 3.63) is 0 Å². The third-order valence-electron chi connectivity index (χ3n) is 2.12. The predicted molar refractivity (Wildman–Crippen MR) is 72.6 cm³/mol. The van der Waals surface area contributed by atoms with Crippen molar-refractivity contribution in [2.75, 3.05) is 32.6 Å². The highest BCUT2D eigenvalue weighted by atomic mass is 31.2. The molecule has 0 aliphatic heterocycles. The third-order valence-corrected chi connectivity index (χ3v) is 4.19. The van der Waals surface area contributed by atoms with Gasteiger partial charge in [0, 0.05) is 0 Å². The molecule has 0 amide bonds. The molecule has 8 heteroatoms. The zero-order chi connectivity index (χ0) is 15.4. The maximum atomic E-state index is 12.1. The molecule has 0 aromatic carbocycles. The van der Waals surface area contributed by atoms with Gasteiger partial charge < -0.3 is 18.5 Å². The van der Waals surface area contributed by atoms with Gasteiger partial charge in [0.2, 0.25) is 0 Å². The number of esters is 2. The minimum absolute atomic E-state index is 0.00810. The Morgan fingerprint density at radius 2 is 1.40 bits per heavy atom. The molecule has 0 aromatic heterocycles. The van der Waals surface area contributed by atoms with Gasteiger partial charge in [-0.3, -0.25) is 14.2 Å². The van der Waals surface area contributed by atoms with Crippen molar-refractivity contribution >= 4 is 19.5 Å². The predicted octanol–water partition coefficient (Wildman–Crippen LogP) is 2.14. The summed E-state index contributed by atoms with van der Waals surface area (Å²) in [7, 11) is -3.23. The number of ether oxygens (including phenoxy) is 2. The smallest absolute Gasteiger partial charge is 0.331 e. The lowest BCUT2D eigenvalue weighted by atomic mass is 10.4. The number of hydrogen-bond acceptors (Lipinski definition) is 7. The molecule has 0 rings (SSSR count). The Bertz CT molecular complexity index is 333. The summed E-state index contributed by atoms with van der Waals surface area (Å²) in [6.45, 7) is 5.82. The first-order chi connectivity index (χ1) is 9.47. The Morgan fingerprint density at radius 3 is 1.90 bits per heavy atom. The summed E-state index contributed by atoms with van der Waals surface area (Å²) >= 11 is 0. The van der Waals surface area contributed by atoms with Gasteiger partial charge in [0.05, 0.1) is 38.8 Å². The van der Waals surface area contributed by atoms with Gasteiger partial charge in [0.1, 0.15) is 6.61 Å². The van der Waals surface area contributed by atoms with Crippen molar-refractivity contribution in [1.29, 1.82) is 0 Å². The average Bonchev–Trinajstić information content (AvgIpc) is 2.37. The van der Waals surface area contributed by atoms with E-state index in [-0.39, 0.29) is 38.8 Å². The highest BCUT2D eigenvalue weighted by Gasteiger charge is 2.25. The van der Waals surface area contributed by atoms with Crippen LogP contribution < -0.4 is 0 Å². The normalized spacial score (nSPS) is 11.2. The second kappa shape index (κ2) is 10.8. The molecule has 0 bridgehead atoms. The second-order valence-corrected chi connectivity index (χ2v) is 5.88. The summed E-state index contributed by atoms with van der Waals surface area (Å²) in [5, 5.41) is 0. The van der Waals surface area contributed by atoms with Crippen molar-refractivity contribution in [3.63, 3.8) is 0 Å². The minimum atomic E-state index is -3.23. The van der Waals surface area contributed by atoms with E-state index in [4.69, 9.17) is 13.8 Å². The van der Waals surface area contributed by atoms with Crippen molar-refractivity contribution in [2.24, 2.45) is 0 Å². The fraction of sp³-hybridized carbons (Fsp3) is 0.833. The number of carbonyl (C=O) groups excluding carboxylic acids is 2. The molecule has 0 aliphatic carbocycles. The Balaban J connectivity index is 3.96. The average molecular weight is 310 g/mol. The molecule has 0 saturated heterocycles. The molecule has 0 aliphatic rings. The van der Waals surface area contributed by atoms with Crippen LogP contribution in [-0.4, -0.2) is 44.5 Å². The Morgan fingerprint density at radius 1 is 0.850 bits per heavy atom. The molecule has 0 aromatic rings. The molecule has 0 fully saturated rings. The lowest BCUT2D eigenvalue weighted by Crippen LogP contribution is -2.13. The first kappa shape index (κ1) is 19.1. The number of hydrogen-bond donors (Lipinski definition) is 0. The number of rotatable bonds is 11. The molecular weight excluding hydrogens is 287 g/mol. The first-order valence-electron chi connectivity index (χ1n) is 6.66. The monoisotopic (exact) mass is 310 g/mol. The molecule has 7 nitrogen and oxygen atoms in total. The van der Waals surface area contributed by atoms with Crippen molar-refractivity contribution < 1.29 is 32.7 Å². The van der Waals surface area contributed by atoms with E-state index in [1.54, 1.807) is 20.8 Å². The van der Waals surface area contributed by atoms with E-state index in [2.05, 4.69) is 4.74 Å². The summed E-state index contributed by atoms with van der Waals surface area (Å²) in [5.74, 6) is -0.969. The quantitative estimate of drug-likeness (QED) is 0.426. The topological polar surface area (TPSA) is 88.1 Å². The Kier molecular flexibility index (Phi) is 10.3. The van der Waals surface area contributed by atoms with E-state index in [1.807, 2.05) is 0 Å². The summed E-state index contributed by atoms with van der Waals surface area (Å²) in [6.07, 6.45) is -0.110. The van der Waals surface area contributed by atoms with Crippen molar-refractivity contribution in [1.82, 2.24) is 0 Å². The molecule has 0 unspecified atom stereocenters. The van der Waals surface area contributed by atoms with Gasteiger partial charge in [0.25, 0.3) is 0 Å². The number of carbonyl (C=O) groups is 2. The molecule has 0 spiro atoms. The van der Waals surface area contributed by atoms with Gasteiger partial charge >= 0.3 is 19.5 Å². The maximum Gasteiger partial charge on any atom is 0.331 e. The first-order valence-corrected chi connectivity index (χ1v) is 8.39. The van der Waals surface area contributed by atoms with E-state index in [0.717, 1.165) is 0 Å². The van der Waals surface area contributed by atoms with Gasteiger partial charge in [-0.2, -0.15) is 0 Å². The van der Waals surface area contributed by atoms with Crippen LogP contribution in [0.3, 0.4) is 0 Å². The van der Waals surface area contributed by atoms with Crippen LogP contribution in [0.15, 0.2) is 0 Å². The molecular formula is C12H23O7P. The molecule has 118 valence electrons. The van der Waals surface area contributed by atoms with E-state index in [9.17, 15) is 14.2 Å². The summed E-state index contributed by atoms with van der Waals surface area (Å²) in [5.41, 5.74) is 0. The molecule has 0 radical (unpaired) electrons. The van der Waals surface area contributed by atoms with Crippen LogP contribution in [0.4, 0.5) is 0 Å². The molecule has 0 N–H and O–H groups in total. The van der Waals surface area contributed by atoms with E-state index in [0.29, 0.717) is 6.61 Å². The van der Waals surface area contributed by atoms with E-state index < -0.39 is 19.5 Å². The molecule has 0 atom stereocenters. The highest BCUT2D eigenvalue weighted by Crippen LogP contribution is 2.48. The van der Waals surface area contributed by atoms with Crippen LogP contribution in [0.1, 0.15) is 33.6 Å². The Labute approximate surface area is 119 Å². The van der Waals surface area contributed by atoms with Crippen LogP contribution in [0.25, 0.3) is 0 Å². The second-order valence-electron chi connectivity index (χ2n) is 3.70. The van der Waals surface area contributed by atoms with Crippen molar-refractivity contribution in [3.8, 4) is 0 Å². The fourth-order valence-electron chi connectivity index (χ4n) is 1.34. The van der Waals surface area contributed by atoms with Crippen LogP contribution >= 0.6 is 7.60 Å². The van der Waals surface area contributed by atoms with Gasteiger partial charge in [-0.15, -0.1) is 0 Å². The van der Waals surface area contributed by atoms with Crippen molar-refractivity contribution in [2.45, 2.75) is 33.6 Å². The third kappa shape index (κ3) is 9.07. The van der Waals surface area contributed by atoms with E-state index in [1.165, 1.54) is 0 Å². The maximum absolute atomic E-state index is 12.1. The summed E-state index contributed by atoms with van der Waals surface area (Å²) in [4.78, 5) is 22.4. The van der Waals surface area contributed by atoms with Gasteiger partial charge in [-0.1, -0.05) is 0 Å². The molecule has 0 saturated carbocycles. The van der Waals surface area contributed by atoms with E-state index >= 15 is 0 Å². The standard InChI is InChI=1S/C12H23O7P/c1-4-16-11(13)7-9-17-12(14)8-10-20(15,18-5-2)19-6-3/h4-10H2,1-3H3.